The fourth-order valence-electron chi connectivity index (χ4n) is 2.34. The molecular formula is C10H22N2O5S2. The van der Waals surface area contributed by atoms with Crippen molar-refractivity contribution in [2.45, 2.75) is 24.8 Å². The molecule has 0 atom stereocenters. The normalized spacial score (nSPS) is 21.4. The lowest BCUT2D eigenvalue weighted by Crippen LogP contribution is -2.56. The van der Waals surface area contributed by atoms with Gasteiger partial charge in [-0.1, -0.05) is 0 Å². The second-order valence-corrected chi connectivity index (χ2v) is 8.79. The van der Waals surface area contributed by atoms with Gasteiger partial charge in [0.25, 0.3) is 0 Å². The van der Waals surface area contributed by atoms with Crippen molar-refractivity contribution in [2.24, 2.45) is 0 Å². The number of nitrogens with zero attached hydrogens (tertiary/aromatic N) is 1. The number of sulfonamides is 2. The second kappa shape index (κ2) is 6.04. The van der Waals surface area contributed by atoms with Gasteiger partial charge in [-0.25, -0.2) is 25.9 Å². The van der Waals surface area contributed by atoms with Gasteiger partial charge in [-0.05, 0) is 19.3 Å². The summed E-state index contributed by atoms with van der Waals surface area (Å²) < 4.78 is 54.9. The monoisotopic (exact) mass is 314 g/mol. The first-order valence-corrected chi connectivity index (χ1v) is 9.75. The first kappa shape index (κ1) is 16.8. The van der Waals surface area contributed by atoms with E-state index in [2.05, 4.69) is 4.72 Å². The maximum absolute atomic E-state index is 11.5. The minimum absolute atomic E-state index is 0.324. The molecule has 1 heterocycles. The number of ether oxygens (including phenoxy) is 1. The lowest BCUT2D eigenvalue weighted by atomic mass is 9.86. The molecule has 1 aliphatic heterocycles. The van der Waals surface area contributed by atoms with Crippen molar-refractivity contribution >= 4 is 20.0 Å². The topological polar surface area (TPSA) is 92.8 Å². The Morgan fingerprint density at radius 3 is 2.05 bits per heavy atom. The summed E-state index contributed by atoms with van der Waals surface area (Å²) in [4.78, 5) is 0. The summed E-state index contributed by atoms with van der Waals surface area (Å²) in [6.45, 7) is 1.08. The molecule has 1 saturated heterocycles. The minimum atomic E-state index is -3.34. The third-order valence-electron chi connectivity index (χ3n) is 3.34. The number of piperidine rings is 1. The summed E-state index contributed by atoms with van der Waals surface area (Å²) in [6, 6.07) is 0. The zero-order valence-corrected chi connectivity index (χ0v) is 13.2. The Labute approximate surface area is 115 Å². The Morgan fingerprint density at radius 1 is 1.16 bits per heavy atom. The van der Waals surface area contributed by atoms with Crippen molar-refractivity contribution in [3.05, 3.63) is 0 Å². The van der Waals surface area contributed by atoms with Crippen LogP contribution in [0.25, 0.3) is 0 Å². The number of nitrogens with one attached hydrogen (secondary N) is 1. The summed E-state index contributed by atoms with van der Waals surface area (Å²) >= 11 is 0. The van der Waals surface area contributed by atoms with Crippen molar-refractivity contribution in [1.29, 1.82) is 0 Å². The second-order valence-electron chi connectivity index (χ2n) is 5.06. The highest BCUT2D eigenvalue weighted by molar-refractivity contribution is 7.88. The fourth-order valence-corrected chi connectivity index (χ4v) is 4.28. The lowest BCUT2D eigenvalue weighted by Gasteiger charge is -2.40. The van der Waals surface area contributed by atoms with Gasteiger partial charge in [-0.3, -0.25) is 0 Å². The molecule has 9 heteroatoms. The quantitative estimate of drug-likeness (QED) is 0.704. The number of rotatable bonds is 6. The molecule has 1 aliphatic rings. The Kier molecular flexibility index (Phi) is 5.35. The third-order valence-corrected chi connectivity index (χ3v) is 5.44. The van der Waals surface area contributed by atoms with Gasteiger partial charge < -0.3 is 4.74 Å². The smallest absolute Gasteiger partial charge is 0.211 e. The molecule has 0 aromatic rings. The van der Waals surface area contributed by atoms with E-state index in [1.54, 1.807) is 7.11 Å². The van der Waals surface area contributed by atoms with E-state index in [0.29, 0.717) is 39.0 Å². The molecule has 0 aromatic carbocycles. The van der Waals surface area contributed by atoms with Crippen LogP contribution < -0.4 is 4.72 Å². The molecule has 0 radical (unpaired) electrons. The average Bonchev–Trinajstić information content (AvgIpc) is 2.23. The average molecular weight is 314 g/mol. The van der Waals surface area contributed by atoms with E-state index in [0.717, 1.165) is 6.26 Å². The van der Waals surface area contributed by atoms with Crippen molar-refractivity contribution in [2.75, 3.05) is 39.3 Å². The molecule has 1 fully saturated rings. The zero-order chi connectivity index (χ0) is 14.7. The van der Waals surface area contributed by atoms with Crippen molar-refractivity contribution in [3.8, 4) is 0 Å². The Balaban J connectivity index is 2.80. The maximum atomic E-state index is 11.5. The van der Waals surface area contributed by atoms with Gasteiger partial charge in [-0.2, -0.15) is 0 Å². The molecule has 0 aromatic heterocycles. The van der Waals surface area contributed by atoms with E-state index < -0.39 is 25.6 Å². The van der Waals surface area contributed by atoms with E-state index >= 15 is 0 Å². The van der Waals surface area contributed by atoms with Gasteiger partial charge in [0.15, 0.2) is 0 Å². The molecule has 0 aliphatic carbocycles. The van der Waals surface area contributed by atoms with Crippen LogP contribution in [0.4, 0.5) is 0 Å². The summed E-state index contributed by atoms with van der Waals surface area (Å²) in [5.41, 5.74) is -0.606. The number of hydrogen-bond acceptors (Lipinski definition) is 5. The minimum Gasteiger partial charge on any atom is -0.385 e. The molecule has 0 spiro atoms. The van der Waals surface area contributed by atoms with Crippen LogP contribution in [0.15, 0.2) is 0 Å². The lowest BCUT2D eigenvalue weighted by molar-refractivity contribution is 0.133. The number of hydrogen-bond donors (Lipinski definition) is 1. The Hall–Kier alpha value is -0.220. The van der Waals surface area contributed by atoms with Crippen LogP contribution in [-0.4, -0.2) is 66.0 Å². The molecule has 1 N–H and O–H groups in total. The summed E-state index contributed by atoms with van der Waals surface area (Å²) in [6.07, 6.45) is 3.73. The summed E-state index contributed by atoms with van der Waals surface area (Å²) in [5, 5.41) is 0. The molecule has 0 unspecified atom stereocenters. The highest BCUT2D eigenvalue weighted by Crippen LogP contribution is 2.27. The fraction of sp³-hybridized carbons (Fsp3) is 1.00. The van der Waals surface area contributed by atoms with Crippen molar-refractivity contribution in [1.82, 2.24) is 9.03 Å². The Bertz CT molecular complexity index is 492. The van der Waals surface area contributed by atoms with Gasteiger partial charge in [0, 0.05) is 32.3 Å². The largest absolute Gasteiger partial charge is 0.385 e. The third kappa shape index (κ3) is 5.35. The molecular weight excluding hydrogens is 292 g/mol. The molecule has 0 saturated carbocycles. The molecule has 0 bridgehead atoms. The first-order chi connectivity index (χ1) is 8.58. The van der Waals surface area contributed by atoms with Crippen LogP contribution >= 0.6 is 0 Å². The Morgan fingerprint density at radius 2 is 1.68 bits per heavy atom. The van der Waals surface area contributed by atoms with Crippen LogP contribution in [-0.2, 0) is 24.8 Å². The highest BCUT2D eigenvalue weighted by Gasteiger charge is 2.38. The van der Waals surface area contributed by atoms with E-state index in [1.165, 1.54) is 10.6 Å². The summed E-state index contributed by atoms with van der Waals surface area (Å²) in [5.74, 6) is 0. The number of methoxy groups -OCH3 is 1. The van der Waals surface area contributed by atoms with E-state index in [9.17, 15) is 16.8 Å². The maximum Gasteiger partial charge on any atom is 0.211 e. The molecule has 0 amide bonds. The van der Waals surface area contributed by atoms with Gasteiger partial charge in [0.05, 0.1) is 12.5 Å². The van der Waals surface area contributed by atoms with Crippen LogP contribution in [0.3, 0.4) is 0 Å². The molecule has 19 heavy (non-hydrogen) atoms. The predicted molar refractivity (Wildman–Crippen MR) is 72.9 cm³/mol. The van der Waals surface area contributed by atoms with E-state index in [-0.39, 0.29) is 0 Å². The molecule has 114 valence electrons. The van der Waals surface area contributed by atoms with Gasteiger partial charge >= 0.3 is 0 Å². The van der Waals surface area contributed by atoms with Gasteiger partial charge in [0.2, 0.25) is 20.0 Å². The highest BCUT2D eigenvalue weighted by atomic mass is 32.2. The standard InChI is InChI=1S/C10H22N2O5S2/c1-17-9-6-10(11-18(2,13)14)4-7-12(8-5-10)19(3,15)16/h11H,4-9H2,1-3H3. The van der Waals surface area contributed by atoms with Gasteiger partial charge in [-0.15, -0.1) is 0 Å². The van der Waals surface area contributed by atoms with Crippen molar-refractivity contribution < 1.29 is 21.6 Å². The zero-order valence-electron chi connectivity index (χ0n) is 11.5. The van der Waals surface area contributed by atoms with Crippen LogP contribution in [0.2, 0.25) is 0 Å². The summed E-state index contributed by atoms with van der Waals surface area (Å²) in [7, 11) is -5.00. The first-order valence-electron chi connectivity index (χ1n) is 6.01. The SMILES string of the molecule is COCCC1(NS(C)(=O)=O)CCN(S(C)(=O)=O)CC1. The molecule has 7 nitrogen and oxygen atoms in total. The van der Waals surface area contributed by atoms with Crippen LogP contribution in [0.5, 0.6) is 0 Å². The van der Waals surface area contributed by atoms with Crippen molar-refractivity contribution in [3.63, 3.8) is 0 Å². The van der Waals surface area contributed by atoms with Gasteiger partial charge in [0.1, 0.15) is 0 Å². The van der Waals surface area contributed by atoms with Crippen LogP contribution in [0.1, 0.15) is 19.3 Å². The van der Waals surface area contributed by atoms with E-state index in [1.807, 2.05) is 0 Å². The van der Waals surface area contributed by atoms with Crippen LogP contribution in [0, 0.1) is 0 Å². The predicted octanol–water partition coefficient (Wildman–Crippen LogP) is -0.634. The van der Waals surface area contributed by atoms with E-state index in [4.69, 9.17) is 4.74 Å². The molecule has 1 rings (SSSR count).